The maximum Gasteiger partial charge on any atom is 0.573 e. The van der Waals surface area contributed by atoms with E-state index in [2.05, 4.69) is 4.74 Å². The fraction of sp³-hybridized carbons (Fsp3) is 0.250. The molecule has 2 aromatic carbocycles. The second kappa shape index (κ2) is 8.61. The zero-order valence-corrected chi connectivity index (χ0v) is 17.7. The average Bonchev–Trinajstić information content (AvgIpc) is 3.08. The summed E-state index contributed by atoms with van der Waals surface area (Å²) < 4.78 is 80.4. The molecule has 0 spiro atoms. The van der Waals surface area contributed by atoms with Crippen molar-refractivity contribution in [1.29, 1.82) is 0 Å². The van der Waals surface area contributed by atoms with Gasteiger partial charge in [0.15, 0.2) is 11.5 Å². The van der Waals surface area contributed by atoms with Gasteiger partial charge in [0.1, 0.15) is 10.6 Å². The number of hydrogen-bond donors (Lipinski definition) is 1. The fourth-order valence-corrected chi connectivity index (χ4v) is 4.71. The molecule has 3 aromatic rings. The summed E-state index contributed by atoms with van der Waals surface area (Å²) in [6.07, 6.45) is -4.24. The molecule has 1 N–H and O–H groups in total. The van der Waals surface area contributed by atoms with Gasteiger partial charge in [0.25, 0.3) is 10.0 Å². The lowest BCUT2D eigenvalue weighted by atomic mass is 10.1. The molecule has 172 valence electrons. The number of aliphatic carboxylic acids is 1. The van der Waals surface area contributed by atoms with E-state index in [9.17, 15) is 26.4 Å². The van der Waals surface area contributed by atoms with Crippen molar-refractivity contribution in [2.45, 2.75) is 24.1 Å². The van der Waals surface area contributed by atoms with Gasteiger partial charge in [-0.25, -0.2) is 12.4 Å². The number of benzene rings is 2. The van der Waals surface area contributed by atoms with Crippen LogP contribution in [0.15, 0.2) is 47.5 Å². The van der Waals surface area contributed by atoms with Crippen molar-refractivity contribution >= 4 is 26.9 Å². The second-order valence-electron chi connectivity index (χ2n) is 6.57. The molecule has 0 bridgehead atoms. The van der Waals surface area contributed by atoms with Crippen LogP contribution >= 0.6 is 0 Å². The van der Waals surface area contributed by atoms with Crippen molar-refractivity contribution in [1.82, 2.24) is 3.97 Å². The molecule has 1 heterocycles. The molecular formula is C20H18F3NO7S. The van der Waals surface area contributed by atoms with Gasteiger partial charge in [0, 0.05) is 24.1 Å². The van der Waals surface area contributed by atoms with Gasteiger partial charge in [-0.1, -0.05) is 12.1 Å². The van der Waals surface area contributed by atoms with Crippen LogP contribution in [0.25, 0.3) is 10.9 Å². The molecule has 1 aromatic heterocycles. The quantitative estimate of drug-likeness (QED) is 0.531. The molecule has 3 rings (SSSR count). The number of nitrogens with zero attached hydrogens (tertiary/aromatic N) is 1. The monoisotopic (exact) mass is 473 g/mol. The van der Waals surface area contributed by atoms with Crippen LogP contribution in [0.1, 0.15) is 12.0 Å². The Morgan fingerprint density at radius 3 is 2.28 bits per heavy atom. The highest BCUT2D eigenvalue weighted by Crippen LogP contribution is 2.38. The van der Waals surface area contributed by atoms with Crippen molar-refractivity contribution in [3.63, 3.8) is 0 Å². The van der Waals surface area contributed by atoms with Crippen molar-refractivity contribution in [2.75, 3.05) is 14.2 Å². The van der Waals surface area contributed by atoms with Crippen molar-refractivity contribution in [3.8, 4) is 17.2 Å². The van der Waals surface area contributed by atoms with Gasteiger partial charge in [0.2, 0.25) is 0 Å². The van der Waals surface area contributed by atoms with E-state index in [1.165, 1.54) is 44.7 Å². The first-order chi connectivity index (χ1) is 15.0. The van der Waals surface area contributed by atoms with Crippen LogP contribution in [-0.4, -0.2) is 44.0 Å². The highest BCUT2D eigenvalue weighted by Gasteiger charge is 2.35. The van der Waals surface area contributed by atoms with E-state index in [-0.39, 0.29) is 29.9 Å². The van der Waals surface area contributed by atoms with E-state index in [1.54, 1.807) is 0 Å². The molecule has 0 saturated heterocycles. The highest BCUT2D eigenvalue weighted by atomic mass is 32.2. The lowest BCUT2D eigenvalue weighted by Gasteiger charge is -2.15. The van der Waals surface area contributed by atoms with Crippen LogP contribution in [0.2, 0.25) is 0 Å². The summed E-state index contributed by atoms with van der Waals surface area (Å²) in [7, 11) is -1.87. The molecule has 0 fully saturated rings. The first kappa shape index (κ1) is 23.3. The Morgan fingerprint density at radius 1 is 1.06 bits per heavy atom. The summed E-state index contributed by atoms with van der Waals surface area (Å²) in [5, 5.41) is 9.38. The van der Waals surface area contributed by atoms with Gasteiger partial charge in [-0.15, -0.1) is 13.2 Å². The Morgan fingerprint density at radius 2 is 1.69 bits per heavy atom. The summed E-state index contributed by atoms with van der Waals surface area (Å²) in [4.78, 5) is 10.3. The third-order valence-corrected chi connectivity index (χ3v) is 6.29. The summed E-state index contributed by atoms with van der Waals surface area (Å²) >= 11 is 0. The number of para-hydroxylation sites is 1. The smallest absolute Gasteiger partial charge is 0.493 e. The van der Waals surface area contributed by atoms with E-state index in [1.807, 2.05) is 0 Å². The van der Waals surface area contributed by atoms with Gasteiger partial charge in [0.05, 0.1) is 19.7 Å². The minimum Gasteiger partial charge on any atom is -0.493 e. The van der Waals surface area contributed by atoms with Gasteiger partial charge in [-0.2, -0.15) is 0 Å². The number of halogens is 3. The second-order valence-corrected chi connectivity index (χ2v) is 8.35. The van der Waals surface area contributed by atoms with Gasteiger partial charge in [-0.3, -0.25) is 4.79 Å². The Kier molecular flexibility index (Phi) is 6.26. The standard InChI is InChI=1S/C20H18F3NO7S/c1-29-16-9-13-12(7-8-19(25)26)11-24(14(13)10-17(16)30-2)32(27,28)18-6-4-3-5-15(18)31-20(21,22)23/h3-6,9-11H,7-8H2,1-2H3,(H,25,26). The van der Waals surface area contributed by atoms with Gasteiger partial charge in [-0.05, 0) is 30.2 Å². The number of carboxylic acid groups (broad SMARTS) is 1. The minimum absolute atomic E-state index is 0.0233. The highest BCUT2D eigenvalue weighted by molar-refractivity contribution is 7.90. The maximum absolute atomic E-state index is 13.4. The topological polar surface area (TPSA) is 104 Å². The number of ether oxygens (including phenoxy) is 3. The number of aromatic nitrogens is 1. The number of alkyl halides is 3. The molecule has 12 heteroatoms. The normalized spacial score (nSPS) is 12.0. The van der Waals surface area contributed by atoms with E-state index in [0.29, 0.717) is 10.9 Å². The molecule has 32 heavy (non-hydrogen) atoms. The lowest BCUT2D eigenvalue weighted by molar-refractivity contribution is -0.275. The predicted octanol–water partition coefficient (Wildman–Crippen LogP) is 3.81. The third kappa shape index (κ3) is 4.59. The van der Waals surface area contributed by atoms with E-state index in [4.69, 9.17) is 14.6 Å². The van der Waals surface area contributed by atoms with E-state index >= 15 is 0 Å². The average molecular weight is 473 g/mol. The van der Waals surface area contributed by atoms with Crippen LogP contribution in [0.3, 0.4) is 0 Å². The molecule has 0 amide bonds. The SMILES string of the molecule is COc1cc2c(CCC(=O)O)cn(S(=O)(=O)c3ccccc3OC(F)(F)F)c2cc1OC. The number of methoxy groups -OCH3 is 2. The molecule has 0 atom stereocenters. The number of carbonyl (C=O) groups is 1. The Labute approximate surface area is 180 Å². The van der Waals surface area contributed by atoms with Crippen molar-refractivity contribution in [3.05, 3.63) is 48.2 Å². The van der Waals surface area contributed by atoms with Crippen molar-refractivity contribution < 1.29 is 45.7 Å². The van der Waals surface area contributed by atoms with Crippen LogP contribution in [0.4, 0.5) is 13.2 Å². The molecule has 0 saturated carbocycles. The summed E-state index contributed by atoms with van der Waals surface area (Å²) in [5.41, 5.74) is 0.422. The Balaban J connectivity index is 2.27. The Bertz CT molecular complexity index is 1270. The molecule has 0 aliphatic rings. The molecule has 0 unspecified atom stereocenters. The number of carboxylic acids is 1. The third-order valence-electron chi connectivity index (χ3n) is 4.58. The number of rotatable bonds is 8. The van der Waals surface area contributed by atoms with Crippen LogP contribution in [0, 0.1) is 0 Å². The number of aryl methyl sites for hydroxylation is 1. The summed E-state index contributed by atoms with van der Waals surface area (Å²) in [5.74, 6) is -1.54. The first-order valence-electron chi connectivity index (χ1n) is 9.06. The maximum atomic E-state index is 13.4. The number of hydrogen-bond acceptors (Lipinski definition) is 6. The van der Waals surface area contributed by atoms with Crippen LogP contribution < -0.4 is 14.2 Å². The molecule has 8 nitrogen and oxygen atoms in total. The fourth-order valence-electron chi connectivity index (χ4n) is 3.21. The van der Waals surface area contributed by atoms with Crippen molar-refractivity contribution in [2.24, 2.45) is 0 Å². The summed E-state index contributed by atoms with van der Waals surface area (Å²) in [6.45, 7) is 0. The lowest BCUT2D eigenvalue weighted by Crippen LogP contribution is -2.20. The minimum atomic E-state index is -5.10. The molecule has 0 aliphatic carbocycles. The molecule has 0 radical (unpaired) electrons. The van der Waals surface area contributed by atoms with Crippen LogP contribution in [0.5, 0.6) is 17.2 Å². The Hall–Kier alpha value is -3.41. The molecule has 0 aliphatic heterocycles. The van der Waals surface area contributed by atoms with E-state index < -0.39 is 33.0 Å². The van der Waals surface area contributed by atoms with E-state index in [0.717, 1.165) is 16.1 Å². The van der Waals surface area contributed by atoms with Gasteiger partial charge < -0.3 is 19.3 Å². The summed E-state index contributed by atoms with van der Waals surface area (Å²) in [6, 6.07) is 7.18. The molecular weight excluding hydrogens is 455 g/mol. The predicted molar refractivity (Wildman–Crippen MR) is 107 cm³/mol. The zero-order chi connectivity index (χ0) is 23.7. The van der Waals surface area contributed by atoms with Gasteiger partial charge >= 0.3 is 12.3 Å². The zero-order valence-electron chi connectivity index (χ0n) is 16.8. The largest absolute Gasteiger partial charge is 0.573 e. The number of fused-ring (bicyclic) bond motifs is 1. The van der Waals surface area contributed by atoms with Crippen LogP contribution in [-0.2, 0) is 21.2 Å². The first-order valence-corrected chi connectivity index (χ1v) is 10.5.